The molecule has 1 atom stereocenters. The van der Waals surface area contributed by atoms with E-state index in [-0.39, 0.29) is 35.7 Å². The lowest BCUT2D eigenvalue weighted by molar-refractivity contribution is -0.121. The Morgan fingerprint density at radius 1 is 1.16 bits per heavy atom. The van der Waals surface area contributed by atoms with Gasteiger partial charge in [-0.2, -0.15) is 11.3 Å². The average Bonchev–Trinajstić information content (AvgIpc) is 3.08. The summed E-state index contributed by atoms with van der Waals surface area (Å²) in [6.45, 7) is 2.07. The zero-order valence-corrected chi connectivity index (χ0v) is 15.6. The Kier molecular flexibility index (Phi) is 6.33. The molecule has 0 bridgehead atoms. The number of rotatable bonds is 7. The Balaban J connectivity index is 1.80. The van der Waals surface area contributed by atoms with E-state index in [1.807, 2.05) is 12.3 Å². The molecule has 0 saturated carbocycles. The van der Waals surface area contributed by atoms with Crippen LogP contribution in [0, 0.1) is 0 Å². The minimum Gasteiger partial charge on any atom is -0.351 e. The fourth-order valence-corrected chi connectivity index (χ4v) is 3.45. The Morgan fingerprint density at radius 3 is 2.40 bits per heavy atom. The number of hydrogen-bond acceptors (Lipinski definition) is 5. The van der Waals surface area contributed by atoms with E-state index in [0.29, 0.717) is 5.56 Å². The molecule has 2 aromatic rings. The van der Waals surface area contributed by atoms with Crippen LogP contribution in [0.2, 0.25) is 0 Å². The highest BCUT2D eigenvalue weighted by atomic mass is 32.2. The monoisotopic (exact) mass is 380 g/mol. The highest BCUT2D eigenvalue weighted by Crippen LogP contribution is 2.16. The summed E-state index contributed by atoms with van der Waals surface area (Å²) in [7, 11) is -3.23. The molecule has 25 heavy (non-hydrogen) atoms. The molecule has 2 N–H and O–H groups in total. The van der Waals surface area contributed by atoms with Crippen LogP contribution in [0.5, 0.6) is 0 Å². The fraction of sp³-hybridized carbons (Fsp3) is 0.294. The highest BCUT2D eigenvalue weighted by molar-refractivity contribution is 7.90. The molecule has 0 aliphatic carbocycles. The molecule has 0 unspecified atom stereocenters. The van der Waals surface area contributed by atoms with Crippen molar-refractivity contribution in [1.29, 1.82) is 0 Å². The third-order valence-electron chi connectivity index (χ3n) is 3.61. The first-order valence-corrected chi connectivity index (χ1v) is 10.5. The van der Waals surface area contributed by atoms with E-state index < -0.39 is 9.84 Å². The molecule has 0 fully saturated rings. The summed E-state index contributed by atoms with van der Waals surface area (Å²) < 4.78 is 22.9. The van der Waals surface area contributed by atoms with Gasteiger partial charge in [0.25, 0.3) is 5.91 Å². The predicted molar refractivity (Wildman–Crippen MR) is 97.4 cm³/mol. The van der Waals surface area contributed by atoms with Crippen molar-refractivity contribution in [3.8, 4) is 0 Å². The number of amides is 2. The highest BCUT2D eigenvalue weighted by Gasteiger charge is 2.12. The van der Waals surface area contributed by atoms with Gasteiger partial charge in [0.2, 0.25) is 5.91 Å². The summed E-state index contributed by atoms with van der Waals surface area (Å²) in [6.07, 6.45) is 1.32. The number of carbonyl (C=O) groups is 2. The van der Waals surface area contributed by atoms with E-state index in [2.05, 4.69) is 10.6 Å². The Bertz CT molecular complexity index is 828. The van der Waals surface area contributed by atoms with Crippen molar-refractivity contribution in [3.63, 3.8) is 0 Å². The lowest BCUT2D eigenvalue weighted by atomic mass is 10.1. The largest absolute Gasteiger partial charge is 0.351 e. The Morgan fingerprint density at radius 2 is 1.84 bits per heavy atom. The first kappa shape index (κ1) is 19.1. The number of sulfone groups is 1. The minimum absolute atomic E-state index is 0.168. The van der Waals surface area contributed by atoms with Crippen molar-refractivity contribution in [1.82, 2.24) is 10.6 Å². The van der Waals surface area contributed by atoms with Crippen LogP contribution in [-0.4, -0.2) is 33.0 Å². The zero-order chi connectivity index (χ0) is 18.4. The van der Waals surface area contributed by atoms with Crippen LogP contribution in [0.3, 0.4) is 0 Å². The SMILES string of the molecule is C[C@H](NC(=O)CCNC(=O)c1ccsc1)c1ccc(S(C)(=O)=O)cc1. The smallest absolute Gasteiger partial charge is 0.252 e. The molecule has 1 aromatic carbocycles. The molecule has 2 amide bonds. The number of benzene rings is 1. The third kappa shape index (κ3) is 5.68. The van der Waals surface area contributed by atoms with Crippen molar-refractivity contribution in [3.05, 3.63) is 52.2 Å². The fourth-order valence-electron chi connectivity index (χ4n) is 2.19. The average molecular weight is 380 g/mol. The first-order chi connectivity index (χ1) is 11.8. The molecule has 0 aliphatic rings. The molecule has 6 nitrogen and oxygen atoms in total. The Hall–Kier alpha value is -2.19. The van der Waals surface area contributed by atoms with Crippen LogP contribution in [0.4, 0.5) is 0 Å². The van der Waals surface area contributed by atoms with Crippen molar-refractivity contribution < 1.29 is 18.0 Å². The zero-order valence-electron chi connectivity index (χ0n) is 14.0. The second-order valence-corrected chi connectivity index (χ2v) is 8.44. The number of thiophene rings is 1. The van der Waals surface area contributed by atoms with Crippen molar-refractivity contribution in [2.24, 2.45) is 0 Å². The third-order valence-corrected chi connectivity index (χ3v) is 5.42. The summed E-state index contributed by atoms with van der Waals surface area (Å²) in [5.74, 6) is -0.385. The van der Waals surface area contributed by atoms with Crippen molar-refractivity contribution in [2.45, 2.75) is 24.3 Å². The normalized spacial score (nSPS) is 12.4. The summed E-state index contributed by atoms with van der Waals surface area (Å²) >= 11 is 1.44. The van der Waals surface area contributed by atoms with Crippen molar-refractivity contribution in [2.75, 3.05) is 12.8 Å². The van der Waals surface area contributed by atoms with Gasteiger partial charge in [-0.05, 0) is 36.1 Å². The molecule has 134 valence electrons. The predicted octanol–water partition coefficient (Wildman–Crippen LogP) is 2.15. The standard InChI is InChI=1S/C17H20N2O4S2/c1-12(13-3-5-15(6-4-13)25(2,22)23)19-16(20)7-9-18-17(21)14-8-10-24-11-14/h3-6,8,10-12H,7,9H2,1-2H3,(H,18,21)(H,19,20)/t12-/m0/s1. The van der Waals surface area contributed by atoms with Gasteiger partial charge in [0.1, 0.15) is 0 Å². The van der Waals surface area contributed by atoms with Crippen LogP contribution >= 0.6 is 11.3 Å². The summed E-state index contributed by atoms with van der Waals surface area (Å²) in [5, 5.41) is 9.08. The van der Waals surface area contributed by atoms with Gasteiger partial charge in [0, 0.05) is 30.2 Å². The molecule has 0 radical (unpaired) electrons. The topological polar surface area (TPSA) is 92.3 Å². The van der Waals surface area contributed by atoms with E-state index in [9.17, 15) is 18.0 Å². The minimum atomic E-state index is -3.23. The van der Waals surface area contributed by atoms with Gasteiger partial charge in [-0.1, -0.05) is 12.1 Å². The Labute approximate surface area is 151 Å². The quantitative estimate of drug-likeness (QED) is 0.770. The van der Waals surface area contributed by atoms with Gasteiger partial charge in [-0.25, -0.2) is 8.42 Å². The van der Waals surface area contributed by atoms with Crippen LogP contribution < -0.4 is 10.6 Å². The van der Waals surface area contributed by atoms with Gasteiger partial charge in [0.15, 0.2) is 9.84 Å². The molecular formula is C17H20N2O4S2. The maximum Gasteiger partial charge on any atom is 0.252 e. The van der Waals surface area contributed by atoms with Crippen LogP contribution in [0.1, 0.15) is 35.3 Å². The molecule has 1 heterocycles. The first-order valence-electron chi connectivity index (χ1n) is 7.67. The molecule has 8 heteroatoms. The van der Waals surface area contributed by atoms with E-state index in [1.54, 1.807) is 23.6 Å². The second-order valence-electron chi connectivity index (χ2n) is 5.65. The van der Waals surface area contributed by atoms with Gasteiger partial charge in [0.05, 0.1) is 10.9 Å². The molecular weight excluding hydrogens is 360 g/mol. The van der Waals surface area contributed by atoms with Gasteiger partial charge >= 0.3 is 0 Å². The summed E-state index contributed by atoms with van der Waals surface area (Å²) in [6, 6.07) is 7.87. The van der Waals surface area contributed by atoms with E-state index in [4.69, 9.17) is 0 Å². The van der Waals surface area contributed by atoms with E-state index in [1.165, 1.54) is 23.5 Å². The number of carbonyl (C=O) groups excluding carboxylic acids is 2. The molecule has 0 spiro atoms. The van der Waals surface area contributed by atoms with Crippen LogP contribution in [-0.2, 0) is 14.6 Å². The van der Waals surface area contributed by atoms with Gasteiger partial charge < -0.3 is 10.6 Å². The molecule has 0 saturated heterocycles. The van der Waals surface area contributed by atoms with Crippen molar-refractivity contribution >= 4 is 33.0 Å². The maximum atomic E-state index is 12.0. The summed E-state index contributed by atoms with van der Waals surface area (Å²) in [4.78, 5) is 24.0. The van der Waals surface area contributed by atoms with E-state index in [0.717, 1.165) is 11.8 Å². The number of nitrogens with one attached hydrogen (secondary N) is 2. The molecule has 0 aliphatic heterocycles. The number of hydrogen-bond donors (Lipinski definition) is 2. The lowest BCUT2D eigenvalue weighted by Gasteiger charge is -2.15. The lowest BCUT2D eigenvalue weighted by Crippen LogP contribution is -2.31. The van der Waals surface area contributed by atoms with Crippen LogP contribution in [0.15, 0.2) is 46.0 Å². The summed E-state index contributed by atoms with van der Waals surface area (Å²) in [5.41, 5.74) is 1.40. The maximum absolute atomic E-state index is 12.0. The van der Waals surface area contributed by atoms with Crippen LogP contribution in [0.25, 0.3) is 0 Å². The molecule has 1 aromatic heterocycles. The van der Waals surface area contributed by atoms with Gasteiger partial charge in [-0.15, -0.1) is 0 Å². The van der Waals surface area contributed by atoms with Gasteiger partial charge in [-0.3, -0.25) is 9.59 Å². The second kappa shape index (κ2) is 8.26. The van der Waals surface area contributed by atoms with E-state index >= 15 is 0 Å². The molecule has 2 rings (SSSR count).